The lowest BCUT2D eigenvalue weighted by molar-refractivity contribution is -0.137. The van der Waals surface area contributed by atoms with Crippen LogP contribution in [0.2, 0.25) is 0 Å². The maximum absolute atomic E-state index is 12.1. The van der Waals surface area contributed by atoms with E-state index in [0.717, 1.165) is 24.2 Å². The van der Waals surface area contributed by atoms with Crippen LogP contribution in [0, 0.1) is 0 Å². The minimum Gasteiger partial charge on any atom is -0.496 e. The van der Waals surface area contributed by atoms with Crippen molar-refractivity contribution in [2.45, 2.75) is 44.9 Å². The molecule has 21 heavy (non-hydrogen) atoms. The SMILES string of the molecule is CCOC(=O)C(=O)c1ccc(OC)c(C2CCCCC2)c1. The van der Waals surface area contributed by atoms with Crippen molar-refractivity contribution in [3.63, 3.8) is 0 Å². The highest BCUT2D eigenvalue weighted by Gasteiger charge is 2.23. The number of benzene rings is 1. The van der Waals surface area contributed by atoms with Crippen LogP contribution in [-0.4, -0.2) is 25.5 Å². The minimum absolute atomic E-state index is 0.205. The third kappa shape index (κ3) is 3.63. The van der Waals surface area contributed by atoms with Gasteiger partial charge in [0.2, 0.25) is 0 Å². The molecule has 2 rings (SSSR count). The number of hydrogen-bond acceptors (Lipinski definition) is 4. The number of methoxy groups -OCH3 is 1. The fraction of sp³-hybridized carbons (Fsp3) is 0.529. The zero-order chi connectivity index (χ0) is 15.2. The molecule has 0 radical (unpaired) electrons. The first-order valence-electron chi connectivity index (χ1n) is 7.56. The molecule has 0 atom stereocenters. The summed E-state index contributed by atoms with van der Waals surface area (Å²) in [6.45, 7) is 1.89. The fourth-order valence-corrected chi connectivity index (χ4v) is 2.92. The summed E-state index contributed by atoms with van der Waals surface area (Å²) in [5, 5.41) is 0. The van der Waals surface area contributed by atoms with Gasteiger partial charge in [-0.1, -0.05) is 19.3 Å². The van der Waals surface area contributed by atoms with Gasteiger partial charge in [-0.3, -0.25) is 4.79 Å². The number of rotatable bonds is 5. The van der Waals surface area contributed by atoms with Gasteiger partial charge in [-0.15, -0.1) is 0 Å². The van der Waals surface area contributed by atoms with Crippen molar-refractivity contribution in [3.05, 3.63) is 29.3 Å². The van der Waals surface area contributed by atoms with Crippen molar-refractivity contribution < 1.29 is 19.1 Å². The number of carbonyl (C=O) groups excluding carboxylic acids is 2. The Hall–Kier alpha value is -1.84. The van der Waals surface area contributed by atoms with E-state index < -0.39 is 11.8 Å². The van der Waals surface area contributed by atoms with Gasteiger partial charge in [0.05, 0.1) is 13.7 Å². The Balaban J connectivity index is 2.28. The van der Waals surface area contributed by atoms with Crippen LogP contribution in [0.3, 0.4) is 0 Å². The molecule has 0 aromatic heterocycles. The summed E-state index contributed by atoms with van der Waals surface area (Å²) in [5.74, 6) is -0.181. The standard InChI is InChI=1S/C17H22O4/c1-3-21-17(19)16(18)13-9-10-15(20-2)14(11-13)12-7-5-4-6-8-12/h9-12H,3-8H2,1-2H3. The summed E-state index contributed by atoms with van der Waals surface area (Å²) in [4.78, 5) is 23.6. The number of ether oxygens (including phenoxy) is 2. The second-order valence-corrected chi connectivity index (χ2v) is 5.34. The van der Waals surface area contributed by atoms with Gasteiger partial charge in [0.25, 0.3) is 5.78 Å². The number of esters is 1. The van der Waals surface area contributed by atoms with Crippen molar-refractivity contribution in [2.24, 2.45) is 0 Å². The normalized spacial score (nSPS) is 15.5. The molecule has 4 heteroatoms. The first kappa shape index (κ1) is 15.5. The van der Waals surface area contributed by atoms with Crippen LogP contribution in [-0.2, 0) is 9.53 Å². The number of carbonyl (C=O) groups is 2. The lowest BCUT2D eigenvalue weighted by atomic mass is 9.83. The Morgan fingerprint density at radius 2 is 1.90 bits per heavy atom. The predicted octanol–water partition coefficient (Wildman–Crippen LogP) is 3.49. The third-order valence-electron chi connectivity index (χ3n) is 4.00. The van der Waals surface area contributed by atoms with E-state index in [2.05, 4.69) is 0 Å². The quantitative estimate of drug-likeness (QED) is 0.473. The maximum atomic E-state index is 12.1. The Kier molecular flexibility index (Phi) is 5.37. The summed E-state index contributed by atoms with van der Waals surface area (Å²) in [6, 6.07) is 5.20. The zero-order valence-electron chi connectivity index (χ0n) is 12.7. The molecule has 0 spiro atoms. The molecule has 0 unspecified atom stereocenters. The molecule has 1 aromatic carbocycles. The zero-order valence-corrected chi connectivity index (χ0v) is 12.7. The molecular formula is C17H22O4. The van der Waals surface area contributed by atoms with Gasteiger partial charge in [0.1, 0.15) is 5.75 Å². The van der Waals surface area contributed by atoms with Crippen LogP contribution in [0.4, 0.5) is 0 Å². The largest absolute Gasteiger partial charge is 0.496 e. The first-order valence-corrected chi connectivity index (χ1v) is 7.56. The van der Waals surface area contributed by atoms with Crippen molar-refractivity contribution in [3.8, 4) is 5.75 Å². The van der Waals surface area contributed by atoms with Crippen LogP contribution < -0.4 is 4.74 Å². The fourth-order valence-electron chi connectivity index (χ4n) is 2.92. The second kappa shape index (κ2) is 7.25. The second-order valence-electron chi connectivity index (χ2n) is 5.34. The molecule has 1 saturated carbocycles. The van der Waals surface area contributed by atoms with E-state index in [9.17, 15) is 9.59 Å². The smallest absolute Gasteiger partial charge is 0.379 e. The highest BCUT2D eigenvalue weighted by molar-refractivity contribution is 6.40. The number of ketones is 1. The maximum Gasteiger partial charge on any atom is 0.379 e. The van der Waals surface area contributed by atoms with Gasteiger partial charge in [-0.2, -0.15) is 0 Å². The molecule has 0 bridgehead atoms. The monoisotopic (exact) mass is 290 g/mol. The summed E-state index contributed by atoms with van der Waals surface area (Å²) in [5.41, 5.74) is 1.42. The molecule has 1 aliphatic rings. The van der Waals surface area contributed by atoms with Crippen LogP contribution in [0.1, 0.15) is 60.9 Å². The molecule has 0 saturated heterocycles. The van der Waals surface area contributed by atoms with E-state index in [4.69, 9.17) is 9.47 Å². The Labute approximate surface area is 125 Å². The minimum atomic E-state index is -0.794. The molecule has 114 valence electrons. The molecule has 4 nitrogen and oxygen atoms in total. The number of Topliss-reactive ketones (excluding diaryl/α,β-unsaturated/α-hetero) is 1. The Bertz CT molecular complexity index is 516. The molecule has 0 aliphatic heterocycles. The van der Waals surface area contributed by atoms with Crippen molar-refractivity contribution in [1.29, 1.82) is 0 Å². The van der Waals surface area contributed by atoms with E-state index in [-0.39, 0.29) is 6.61 Å². The highest BCUT2D eigenvalue weighted by Crippen LogP contribution is 2.37. The molecule has 1 fully saturated rings. The van der Waals surface area contributed by atoms with E-state index in [1.54, 1.807) is 32.2 Å². The molecule has 0 heterocycles. The van der Waals surface area contributed by atoms with Gasteiger partial charge < -0.3 is 9.47 Å². The van der Waals surface area contributed by atoms with Gasteiger partial charge in [0.15, 0.2) is 0 Å². The molecule has 0 amide bonds. The molecular weight excluding hydrogens is 268 g/mol. The number of hydrogen-bond donors (Lipinski definition) is 0. The van der Waals surface area contributed by atoms with Gasteiger partial charge in [-0.25, -0.2) is 4.79 Å². The molecule has 1 aromatic rings. The van der Waals surface area contributed by atoms with E-state index in [1.165, 1.54) is 19.3 Å². The lowest BCUT2D eigenvalue weighted by Crippen LogP contribution is -2.18. The predicted molar refractivity (Wildman–Crippen MR) is 79.8 cm³/mol. The van der Waals surface area contributed by atoms with E-state index in [0.29, 0.717) is 11.5 Å². The summed E-state index contributed by atoms with van der Waals surface area (Å²) in [7, 11) is 1.63. The van der Waals surface area contributed by atoms with Crippen LogP contribution >= 0.6 is 0 Å². The van der Waals surface area contributed by atoms with Gasteiger partial charge in [0, 0.05) is 5.56 Å². The average molecular weight is 290 g/mol. The van der Waals surface area contributed by atoms with E-state index >= 15 is 0 Å². The van der Waals surface area contributed by atoms with Crippen molar-refractivity contribution in [1.82, 2.24) is 0 Å². The summed E-state index contributed by atoms with van der Waals surface area (Å²) >= 11 is 0. The summed E-state index contributed by atoms with van der Waals surface area (Å²) in [6.07, 6.45) is 5.87. The van der Waals surface area contributed by atoms with Crippen LogP contribution in [0.25, 0.3) is 0 Å². The Morgan fingerprint density at radius 3 is 2.52 bits per heavy atom. The van der Waals surface area contributed by atoms with Gasteiger partial charge in [-0.05, 0) is 49.4 Å². The Morgan fingerprint density at radius 1 is 1.19 bits per heavy atom. The third-order valence-corrected chi connectivity index (χ3v) is 4.00. The summed E-state index contributed by atoms with van der Waals surface area (Å²) < 4.78 is 10.2. The molecule has 1 aliphatic carbocycles. The van der Waals surface area contributed by atoms with Crippen molar-refractivity contribution in [2.75, 3.05) is 13.7 Å². The lowest BCUT2D eigenvalue weighted by Gasteiger charge is -2.24. The highest BCUT2D eigenvalue weighted by atomic mass is 16.5. The molecule has 0 N–H and O–H groups in total. The van der Waals surface area contributed by atoms with E-state index in [1.807, 2.05) is 0 Å². The van der Waals surface area contributed by atoms with Crippen LogP contribution in [0.15, 0.2) is 18.2 Å². The average Bonchev–Trinajstić information content (AvgIpc) is 2.54. The van der Waals surface area contributed by atoms with Gasteiger partial charge >= 0.3 is 5.97 Å². The van der Waals surface area contributed by atoms with Crippen LogP contribution in [0.5, 0.6) is 5.75 Å². The van der Waals surface area contributed by atoms with Crippen molar-refractivity contribution >= 4 is 11.8 Å². The topological polar surface area (TPSA) is 52.6 Å². The first-order chi connectivity index (χ1) is 10.2.